The standard InChI is InChI=1S/C59H34N4O2/c1-2-15-35(16-3-1)57-60-58(62-59(61-57)45-24-14-28-53-54(45)43-22-9-12-26-51(43)64-53)42-30-29-39(63-49-25-11-8-21-41(49)47-31-36-17-4-5-18-37(36)33-50(47)63)34-46(42)48-32-38-19-6-7-20-40(38)56-55(48)44-23-10-13-27-52(44)65-56/h1-34H. The second-order valence-electron chi connectivity index (χ2n) is 16.7. The summed E-state index contributed by atoms with van der Waals surface area (Å²) in [4.78, 5) is 16.0. The SMILES string of the molecule is c1ccc(-c2nc(-c3ccc(-n4c5ccccc5c5cc6ccccc6cc54)cc3-c3cc4ccccc4c4oc5ccccc5c34)nc(-c3cccc4oc5ccccc5c34)n2)cc1. The van der Waals surface area contributed by atoms with E-state index in [0.29, 0.717) is 17.5 Å². The number of furan rings is 2. The fourth-order valence-electron chi connectivity index (χ4n) is 10.1. The third-order valence-electron chi connectivity index (χ3n) is 13.0. The molecule has 6 nitrogen and oxygen atoms in total. The molecule has 65 heavy (non-hydrogen) atoms. The Balaban J connectivity index is 1.11. The number of hydrogen-bond donors (Lipinski definition) is 0. The average molecular weight is 831 g/mol. The van der Waals surface area contributed by atoms with E-state index in [1.807, 2.05) is 54.6 Å². The lowest BCUT2D eigenvalue weighted by atomic mass is 9.91. The summed E-state index contributed by atoms with van der Waals surface area (Å²) < 4.78 is 15.6. The number of hydrogen-bond acceptors (Lipinski definition) is 5. The first-order chi connectivity index (χ1) is 32.2. The first-order valence-corrected chi connectivity index (χ1v) is 21.8. The van der Waals surface area contributed by atoms with Gasteiger partial charge in [0.2, 0.25) is 0 Å². The Morgan fingerprint density at radius 2 is 0.938 bits per heavy atom. The summed E-state index contributed by atoms with van der Waals surface area (Å²) in [7, 11) is 0. The Hall–Kier alpha value is -8.87. The van der Waals surface area contributed by atoms with Crippen molar-refractivity contribution in [3.8, 4) is 51.0 Å². The van der Waals surface area contributed by atoms with Crippen molar-refractivity contribution in [2.24, 2.45) is 0 Å². The van der Waals surface area contributed by atoms with Gasteiger partial charge < -0.3 is 13.4 Å². The molecule has 0 spiro atoms. The average Bonchev–Trinajstić information content (AvgIpc) is 4.05. The molecule has 0 unspecified atom stereocenters. The molecule has 0 aliphatic rings. The molecule has 0 amide bonds. The molecule has 0 saturated heterocycles. The van der Waals surface area contributed by atoms with Gasteiger partial charge in [0.15, 0.2) is 17.5 Å². The van der Waals surface area contributed by atoms with E-state index >= 15 is 0 Å². The first-order valence-electron chi connectivity index (χ1n) is 21.8. The number of nitrogens with zero attached hydrogens (tertiary/aromatic N) is 4. The Morgan fingerprint density at radius 3 is 1.75 bits per heavy atom. The van der Waals surface area contributed by atoms with Crippen molar-refractivity contribution in [3.05, 3.63) is 206 Å². The fraction of sp³-hybridized carbons (Fsp3) is 0. The molecule has 0 aliphatic carbocycles. The Morgan fingerprint density at radius 1 is 0.323 bits per heavy atom. The molecule has 0 saturated carbocycles. The molecule has 4 heterocycles. The van der Waals surface area contributed by atoms with E-state index in [1.165, 1.54) is 21.5 Å². The lowest BCUT2D eigenvalue weighted by molar-refractivity contribution is 0.669. The predicted octanol–water partition coefficient (Wildman–Crippen LogP) is 15.7. The van der Waals surface area contributed by atoms with Crippen molar-refractivity contribution < 1.29 is 8.83 Å². The van der Waals surface area contributed by atoms with Crippen LogP contribution in [-0.4, -0.2) is 19.5 Å². The molecule has 6 heteroatoms. The molecule has 0 bridgehead atoms. The van der Waals surface area contributed by atoms with Crippen LogP contribution in [0.5, 0.6) is 0 Å². The van der Waals surface area contributed by atoms with Gasteiger partial charge in [0, 0.05) is 60.1 Å². The summed E-state index contributed by atoms with van der Waals surface area (Å²) in [5.41, 5.74) is 11.2. The maximum absolute atomic E-state index is 6.80. The molecule has 14 rings (SSSR count). The lowest BCUT2D eigenvalue weighted by Gasteiger charge is -2.17. The van der Waals surface area contributed by atoms with E-state index in [0.717, 1.165) is 99.2 Å². The van der Waals surface area contributed by atoms with Gasteiger partial charge in [-0.3, -0.25) is 0 Å². The lowest BCUT2D eigenvalue weighted by Crippen LogP contribution is -2.02. The molecule has 4 aromatic heterocycles. The largest absolute Gasteiger partial charge is 0.456 e. The molecule has 0 radical (unpaired) electrons. The minimum Gasteiger partial charge on any atom is -0.456 e. The van der Waals surface area contributed by atoms with E-state index in [9.17, 15) is 0 Å². The smallest absolute Gasteiger partial charge is 0.164 e. The van der Waals surface area contributed by atoms with Gasteiger partial charge >= 0.3 is 0 Å². The van der Waals surface area contributed by atoms with Crippen molar-refractivity contribution in [1.29, 1.82) is 0 Å². The molecule has 0 fully saturated rings. The highest BCUT2D eigenvalue weighted by Crippen LogP contribution is 2.46. The van der Waals surface area contributed by atoms with Crippen molar-refractivity contribution >= 4 is 87.2 Å². The summed E-state index contributed by atoms with van der Waals surface area (Å²) in [5.74, 6) is 1.70. The van der Waals surface area contributed by atoms with Gasteiger partial charge in [-0.25, -0.2) is 15.0 Å². The normalized spacial score (nSPS) is 12.0. The van der Waals surface area contributed by atoms with Crippen LogP contribution in [0, 0.1) is 0 Å². The number of benzene rings is 10. The maximum atomic E-state index is 6.80. The molecule has 14 aromatic rings. The Kier molecular flexibility index (Phi) is 7.59. The third-order valence-corrected chi connectivity index (χ3v) is 13.0. The predicted molar refractivity (Wildman–Crippen MR) is 265 cm³/mol. The topological polar surface area (TPSA) is 69.9 Å². The molecule has 302 valence electrons. The summed E-state index contributed by atoms with van der Waals surface area (Å²) in [6, 6.07) is 72.2. The maximum Gasteiger partial charge on any atom is 0.164 e. The summed E-state index contributed by atoms with van der Waals surface area (Å²) in [6.07, 6.45) is 0. The van der Waals surface area contributed by atoms with Gasteiger partial charge in [-0.15, -0.1) is 0 Å². The van der Waals surface area contributed by atoms with Crippen LogP contribution in [0.4, 0.5) is 0 Å². The highest BCUT2D eigenvalue weighted by molar-refractivity contribution is 6.22. The second kappa shape index (κ2) is 13.8. The molecule has 0 N–H and O–H groups in total. The van der Waals surface area contributed by atoms with Crippen LogP contribution in [0.25, 0.3) is 138 Å². The van der Waals surface area contributed by atoms with Crippen LogP contribution < -0.4 is 0 Å². The van der Waals surface area contributed by atoms with Crippen LogP contribution in [-0.2, 0) is 0 Å². The Labute approximate surface area is 371 Å². The van der Waals surface area contributed by atoms with E-state index < -0.39 is 0 Å². The van der Waals surface area contributed by atoms with Gasteiger partial charge in [0.25, 0.3) is 0 Å². The van der Waals surface area contributed by atoms with Gasteiger partial charge in [-0.2, -0.15) is 0 Å². The minimum absolute atomic E-state index is 0.558. The second-order valence-corrected chi connectivity index (χ2v) is 16.7. The van der Waals surface area contributed by atoms with Gasteiger partial charge in [0.05, 0.1) is 11.0 Å². The molecular weight excluding hydrogens is 797 g/mol. The van der Waals surface area contributed by atoms with Crippen LogP contribution in [0.15, 0.2) is 215 Å². The number of fused-ring (bicyclic) bond motifs is 12. The zero-order chi connectivity index (χ0) is 42.6. The highest BCUT2D eigenvalue weighted by atomic mass is 16.3. The molecule has 0 atom stereocenters. The van der Waals surface area contributed by atoms with Crippen molar-refractivity contribution in [2.45, 2.75) is 0 Å². The van der Waals surface area contributed by atoms with E-state index in [1.54, 1.807) is 0 Å². The molecule has 10 aromatic carbocycles. The highest BCUT2D eigenvalue weighted by Gasteiger charge is 2.24. The van der Waals surface area contributed by atoms with Crippen LogP contribution in [0.3, 0.4) is 0 Å². The first kappa shape index (κ1) is 35.7. The van der Waals surface area contributed by atoms with E-state index in [-0.39, 0.29) is 0 Å². The quantitative estimate of drug-likeness (QED) is 0.173. The third kappa shape index (κ3) is 5.44. The number of rotatable bonds is 5. The van der Waals surface area contributed by atoms with Crippen LogP contribution in [0.1, 0.15) is 0 Å². The molecular formula is C59H34N4O2. The van der Waals surface area contributed by atoms with Crippen LogP contribution in [0.2, 0.25) is 0 Å². The summed E-state index contributed by atoms with van der Waals surface area (Å²) in [5, 5.41) is 11.0. The summed E-state index contributed by atoms with van der Waals surface area (Å²) >= 11 is 0. The van der Waals surface area contributed by atoms with Gasteiger partial charge in [-0.05, 0) is 87.9 Å². The van der Waals surface area contributed by atoms with Crippen molar-refractivity contribution in [1.82, 2.24) is 19.5 Å². The van der Waals surface area contributed by atoms with Crippen molar-refractivity contribution in [2.75, 3.05) is 0 Å². The zero-order valence-corrected chi connectivity index (χ0v) is 34.7. The van der Waals surface area contributed by atoms with Crippen molar-refractivity contribution in [3.63, 3.8) is 0 Å². The minimum atomic E-state index is 0.558. The number of para-hydroxylation sites is 3. The number of aromatic nitrogens is 4. The van der Waals surface area contributed by atoms with E-state index in [4.69, 9.17) is 23.8 Å². The zero-order valence-electron chi connectivity index (χ0n) is 34.7. The van der Waals surface area contributed by atoms with Gasteiger partial charge in [-0.1, -0.05) is 146 Å². The fourth-order valence-corrected chi connectivity index (χ4v) is 10.1. The van der Waals surface area contributed by atoms with Crippen LogP contribution >= 0.6 is 0 Å². The van der Waals surface area contributed by atoms with E-state index in [2.05, 4.69) is 156 Å². The monoisotopic (exact) mass is 830 g/mol. The summed E-state index contributed by atoms with van der Waals surface area (Å²) in [6.45, 7) is 0. The molecule has 0 aliphatic heterocycles. The Bertz CT molecular complexity index is 4250. The van der Waals surface area contributed by atoms with Gasteiger partial charge in [0.1, 0.15) is 22.3 Å².